The van der Waals surface area contributed by atoms with Gasteiger partial charge in [0.2, 0.25) is 0 Å². The van der Waals surface area contributed by atoms with Crippen molar-refractivity contribution in [2.45, 2.75) is 13.5 Å². The van der Waals surface area contributed by atoms with Crippen molar-refractivity contribution in [3.63, 3.8) is 0 Å². The monoisotopic (exact) mass is 305 g/mol. The van der Waals surface area contributed by atoms with E-state index in [1.54, 1.807) is 6.07 Å². The quantitative estimate of drug-likeness (QED) is 0.925. The first-order chi connectivity index (χ1) is 10.1. The Morgan fingerprint density at radius 1 is 1.24 bits per heavy atom. The zero-order chi connectivity index (χ0) is 15.0. The zero-order valence-electron chi connectivity index (χ0n) is 12.4. The molecule has 112 valence electrons. The molecule has 1 fully saturated rings. The van der Waals surface area contributed by atoms with E-state index in [0.29, 0.717) is 17.0 Å². The fraction of sp³-hybridized carbons (Fsp3) is 0.438. The molecule has 1 aliphatic heterocycles. The van der Waals surface area contributed by atoms with Crippen LogP contribution in [0.4, 0.5) is 0 Å². The van der Waals surface area contributed by atoms with Gasteiger partial charge in [-0.3, -0.25) is 9.69 Å². The molecule has 0 saturated carbocycles. The van der Waals surface area contributed by atoms with Gasteiger partial charge in [0.05, 0.1) is 10.5 Å². The highest BCUT2D eigenvalue weighted by Crippen LogP contribution is 2.21. The zero-order valence-corrected chi connectivity index (χ0v) is 13.2. The number of hydrogen-bond donors (Lipinski definition) is 1. The summed E-state index contributed by atoms with van der Waals surface area (Å²) in [5.41, 5.74) is 2.61. The molecule has 0 atom stereocenters. The SMILES string of the molecule is Cc1[nH]c2c(Cl)cccc2c(=O)c1CN1CCN(C)CC1. The number of aromatic amines is 1. The number of likely N-dealkylation sites (N-methyl/N-ethyl adjacent to an activating group) is 1. The number of hydrogen-bond acceptors (Lipinski definition) is 3. The largest absolute Gasteiger partial charge is 0.357 e. The van der Waals surface area contributed by atoms with Gasteiger partial charge in [0.15, 0.2) is 5.43 Å². The third kappa shape index (κ3) is 2.84. The number of piperazine rings is 1. The topological polar surface area (TPSA) is 39.3 Å². The highest BCUT2D eigenvalue weighted by atomic mass is 35.5. The average molecular weight is 306 g/mol. The average Bonchev–Trinajstić information content (AvgIpc) is 2.47. The molecular formula is C16H20ClN3O. The summed E-state index contributed by atoms with van der Waals surface area (Å²) in [6.45, 7) is 6.77. The Kier molecular flexibility index (Phi) is 4.02. The summed E-state index contributed by atoms with van der Waals surface area (Å²) in [7, 11) is 2.13. The van der Waals surface area contributed by atoms with Crippen LogP contribution in [0.25, 0.3) is 10.9 Å². The van der Waals surface area contributed by atoms with E-state index in [1.807, 2.05) is 19.1 Å². The number of fused-ring (bicyclic) bond motifs is 1. The van der Waals surface area contributed by atoms with Crippen LogP contribution in [0.2, 0.25) is 5.02 Å². The van der Waals surface area contributed by atoms with Crippen molar-refractivity contribution in [3.8, 4) is 0 Å². The third-order valence-electron chi connectivity index (χ3n) is 4.28. The molecule has 3 rings (SSSR count). The molecule has 0 radical (unpaired) electrons. The summed E-state index contributed by atoms with van der Waals surface area (Å²) >= 11 is 6.18. The van der Waals surface area contributed by atoms with Gasteiger partial charge < -0.3 is 9.88 Å². The van der Waals surface area contributed by atoms with Gasteiger partial charge in [0.25, 0.3) is 0 Å². The van der Waals surface area contributed by atoms with Crippen LogP contribution < -0.4 is 5.43 Å². The Balaban J connectivity index is 1.97. The van der Waals surface area contributed by atoms with Crippen molar-refractivity contribution in [1.29, 1.82) is 0 Å². The van der Waals surface area contributed by atoms with E-state index in [9.17, 15) is 4.79 Å². The number of aromatic nitrogens is 1. The van der Waals surface area contributed by atoms with E-state index >= 15 is 0 Å². The van der Waals surface area contributed by atoms with E-state index in [2.05, 4.69) is 21.8 Å². The van der Waals surface area contributed by atoms with Crippen molar-refractivity contribution >= 4 is 22.5 Å². The molecular weight excluding hydrogens is 286 g/mol. The van der Waals surface area contributed by atoms with Gasteiger partial charge in [-0.05, 0) is 26.1 Å². The molecule has 2 heterocycles. The molecule has 1 saturated heterocycles. The van der Waals surface area contributed by atoms with Crippen molar-refractivity contribution in [2.75, 3.05) is 33.2 Å². The van der Waals surface area contributed by atoms with Crippen molar-refractivity contribution in [2.24, 2.45) is 0 Å². The van der Waals surface area contributed by atoms with Crippen LogP contribution in [0.15, 0.2) is 23.0 Å². The number of benzene rings is 1. The van der Waals surface area contributed by atoms with E-state index in [-0.39, 0.29) is 5.43 Å². The molecule has 0 amide bonds. The number of nitrogens with one attached hydrogen (secondary N) is 1. The Labute approximate surface area is 129 Å². The molecule has 1 aliphatic rings. The summed E-state index contributed by atoms with van der Waals surface area (Å²) in [6.07, 6.45) is 0. The number of H-pyrrole nitrogens is 1. The van der Waals surface area contributed by atoms with E-state index < -0.39 is 0 Å². The number of halogens is 1. The maximum absolute atomic E-state index is 12.7. The predicted octanol–water partition coefficient (Wildman–Crippen LogP) is 2.24. The van der Waals surface area contributed by atoms with Crippen molar-refractivity contribution < 1.29 is 0 Å². The molecule has 0 aliphatic carbocycles. The van der Waals surface area contributed by atoms with Crippen LogP contribution in [0.3, 0.4) is 0 Å². The number of para-hydroxylation sites is 1. The lowest BCUT2D eigenvalue weighted by Gasteiger charge is -2.32. The predicted molar refractivity (Wildman–Crippen MR) is 87.1 cm³/mol. The van der Waals surface area contributed by atoms with Crippen LogP contribution in [0, 0.1) is 6.92 Å². The fourth-order valence-corrected chi connectivity index (χ4v) is 3.08. The first-order valence-electron chi connectivity index (χ1n) is 7.27. The summed E-state index contributed by atoms with van der Waals surface area (Å²) in [5.74, 6) is 0. The molecule has 2 aromatic rings. The van der Waals surface area contributed by atoms with Gasteiger partial charge in [0.1, 0.15) is 0 Å². The fourth-order valence-electron chi connectivity index (χ4n) is 2.86. The first kappa shape index (κ1) is 14.6. The van der Waals surface area contributed by atoms with Gasteiger partial charge in [-0.2, -0.15) is 0 Å². The molecule has 1 N–H and O–H groups in total. The second kappa shape index (κ2) is 5.79. The normalized spacial score (nSPS) is 17.5. The van der Waals surface area contributed by atoms with Gasteiger partial charge in [-0.25, -0.2) is 0 Å². The maximum atomic E-state index is 12.7. The second-order valence-electron chi connectivity index (χ2n) is 5.80. The second-order valence-corrected chi connectivity index (χ2v) is 6.21. The minimum Gasteiger partial charge on any atom is -0.357 e. The van der Waals surface area contributed by atoms with Gasteiger partial charge in [-0.1, -0.05) is 17.7 Å². The minimum atomic E-state index is 0.0997. The summed E-state index contributed by atoms with van der Waals surface area (Å²) < 4.78 is 0. The Morgan fingerprint density at radius 2 is 1.95 bits per heavy atom. The molecule has 0 unspecified atom stereocenters. The third-order valence-corrected chi connectivity index (χ3v) is 4.59. The Bertz CT molecular complexity index is 717. The highest BCUT2D eigenvalue weighted by molar-refractivity contribution is 6.35. The van der Waals surface area contributed by atoms with E-state index in [1.165, 1.54) is 0 Å². The van der Waals surface area contributed by atoms with Crippen LogP contribution >= 0.6 is 11.6 Å². The lowest BCUT2D eigenvalue weighted by atomic mass is 10.1. The minimum absolute atomic E-state index is 0.0997. The standard InChI is InChI=1S/C16H20ClN3O/c1-11-13(10-20-8-6-19(2)7-9-20)16(21)12-4-3-5-14(17)15(12)18-11/h3-5H,6-10H2,1-2H3,(H,18,21). The van der Waals surface area contributed by atoms with E-state index in [4.69, 9.17) is 11.6 Å². The van der Waals surface area contributed by atoms with Crippen molar-refractivity contribution in [3.05, 3.63) is 44.7 Å². The Morgan fingerprint density at radius 3 is 2.67 bits per heavy atom. The van der Waals surface area contributed by atoms with Crippen LogP contribution in [0.5, 0.6) is 0 Å². The van der Waals surface area contributed by atoms with Gasteiger partial charge >= 0.3 is 0 Å². The number of nitrogens with zero attached hydrogens (tertiary/aromatic N) is 2. The first-order valence-corrected chi connectivity index (χ1v) is 7.65. The lowest BCUT2D eigenvalue weighted by Crippen LogP contribution is -2.44. The molecule has 21 heavy (non-hydrogen) atoms. The highest BCUT2D eigenvalue weighted by Gasteiger charge is 2.18. The number of aryl methyl sites for hydroxylation is 1. The van der Waals surface area contributed by atoms with Gasteiger partial charge in [-0.15, -0.1) is 0 Å². The molecule has 1 aromatic heterocycles. The summed E-state index contributed by atoms with van der Waals surface area (Å²) in [4.78, 5) is 20.7. The lowest BCUT2D eigenvalue weighted by molar-refractivity contribution is 0.147. The Hall–Kier alpha value is -1.36. The van der Waals surface area contributed by atoms with Crippen molar-refractivity contribution in [1.82, 2.24) is 14.8 Å². The van der Waals surface area contributed by atoms with Gasteiger partial charge in [0, 0.05) is 49.4 Å². The molecule has 4 nitrogen and oxygen atoms in total. The molecule has 0 bridgehead atoms. The molecule has 1 aromatic carbocycles. The summed E-state index contributed by atoms with van der Waals surface area (Å²) in [5, 5.41) is 1.27. The summed E-state index contributed by atoms with van der Waals surface area (Å²) in [6, 6.07) is 5.47. The molecule has 5 heteroatoms. The number of rotatable bonds is 2. The number of pyridine rings is 1. The smallest absolute Gasteiger partial charge is 0.194 e. The van der Waals surface area contributed by atoms with Crippen LogP contribution in [0.1, 0.15) is 11.3 Å². The van der Waals surface area contributed by atoms with E-state index in [0.717, 1.165) is 43.0 Å². The van der Waals surface area contributed by atoms with Crippen LogP contribution in [-0.2, 0) is 6.54 Å². The van der Waals surface area contributed by atoms with Crippen LogP contribution in [-0.4, -0.2) is 48.0 Å². The maximum Gasteiger partial charge on any atom is 0.194 e. The molecule has 0 spiro atoms.